The molecule has 2 aromatic heterocycles. The van der Waals surface area contributed by atoms with Gasteiger partial charge < -0.3 is 15.5 Å². The molecule has 0 spiro atoms. The molecule has 3 N–H and O–H groups in total. The zero-order valence-corrected chi connectivity index (χ0v) is 8.73. The average molecular weight is 221 g/mol. The maximum Gasteiger partial charge on any atom is 0.305 e. The molecular formula is C9H11N5O2. The number of nitrogen functional groups attached to an aromatic ring is 1. The second-order valence-corrected chi connectivity index (χ2v) is 3.20. The first-order valence-electron chi connectivity index (χ1n) is 4.73. The number of nitrogens with zero attached hydrogens (tertiary/aromatic N) is 3. The average Bonchev–Trinajstić information content (AvgIpc) is 2.74. The molecule has 7 heteroatoms. The molecule has 0 atom stereocenters. The van der Waals surface area contributed by atoms with Crippen molar-refractivity contribution in [3.05, 3.63) is 12.2 Å². The van der Waals surface area contributed by atoms with Crippen LogP contribution < -0.4 is 5.73 Å². The van der Waals surface area contributed by atoms with Crippen molar-refractivity contribution in [3.63, 3.8) is 0 Å². The minimum Gasteiger partial charge on any atom is -0.469 e. The second kappa shape index (κ2) is 4.13. The van der Waals surface area contributed by atoms with E-state index in [-0.39, 0.29) is 12.4 Å². The van der Waals surface area contributed by atoms with Gasteiger partial charge in [-0.25, -0.2) is 15.0 Å². The van der Waals surface area contributed by atoms with E-state index in [0.717, 1.165) is 0 Å². The molecule has 16 heavy (non-hydrogen) atoms. The molecule has 0 aromatic carbocycles. The molecule has 2 heterocycles. The molecular weight excluding hydrogens is 210 g/mol. The summed E-state index contributed by atoms with van der Waals surface area (Å²) in [6.07, 6.45) is 2.13. The number of fused-ring (bicyclic) bond motifs is 1. The number of hydrogen-bond acceptors (Lipinski definition) is 6. The molecule has 0 unspecified atom stereocenters. The summed E-state index contributed by atoms with van der Waals surface area (Å²) < 4.78 is 4.53. The Morgan fingerprint density at radius 3 is 3.12 bits per heavy atom. The van der Waals surface area contributed by atoms with Crippen molar-refractivity contribution in [2.45, 2.75) is 12.8 Å². The SMILES string of the molecule is COC(=O)CCc1nc(N)c2nc[nH]c2n1. The number of rotatable bonds is 3. The number of imidazole rings is 1. The van der Waals surface area contributed by atoms with E-state index in [1.165, 1.54) is 13.4 Å². The minimum atomic E-state index is -0.299. The van der Waals surface area contributed by atoms with Gasteiger partial charge in [-0.05, 0) is 0 Å². The first-order valence-corrected chi connectivity index (χ1v) is 4.73. The monoisotopic (exact) mass is 221 g/mol. The number of esters is 1. The van der Waals surface area contributed by atoms with Gasteiger partial charge in [0.25, 0.3) is 0 Å². The molecule has 0 amide bonds. The molecule has 84 valence electrons. The van der Waals surface area contributed by atoms with E-state index in [1.54, 1.807) is 0 Å². The van der Waals surface area contributed by atoms with Gasteiger partial charge >= 0.3 is 5.97 Å². The number of ether oxygens (including phenoxy) is 1. The molecule has 2 rings (SSSR count). The fraction of sp³-hybridized carbons (Fsp3) is 0.333. The van der Waals surface area contributed by atoms with Crippen LogP contribution in [0.3, 0.4) is 0 Å². The number of nitrogens with one attached hydrogen (secondary N) is 1. The van der Waals surface area contributed by atoms with Crippen LogP contribution in [-0.2, 0) is 16.0 Å². The van der Waals surface area contributed by atoms with Crippen molar-refractivity contribution in [1.29, 1.82) is 0 Å². The van der Waals surface area contributed by atoms with Crippen molar-refractivity contribution in [2.75, 3.05) is 12.8 Å². The van der Waals surface area contributed by atoms with Gasteiger partial charge in [-0.1, -0.05) is 0 Å². The van der Waals surface area contributed by atoms with Crippen LogP contribution in [0.5, 0.6) is 0 Å². The maximum absolute atomic E-state index is 11.0. The van der Waals surface area contributed by atoms with Crippen molar-refractivity contribution < 1.29 is 9.53 Å². The van der Waals surface area contributed by atoms with Gasteiger partial charge in [0.15, 0.2) is 11.5 Å². The number of aromatic nitrogens is 4. The highest BCUT2D eigenvalue weighted by atomic mass is 16.5. The third-order valence-electron chi connectivity index (χ3n) is 2.13. The van der Waals surface area contributed by atoms with Gasteiger partial charge in [0, 0.05) is 6.42 Å². The number of carbonyl (C=O) groups excluding carboxylic acids is 1. The first kappa shape index (κ1) is 10.3. The van der Waals surface area contributed by atoms with Crippen molar-refractivity contribution >= 4 is 23.0 Å². The fourth-order valence-electron chi connectivity index (χ4n) is 1.33. The summed E-state index contributed by atoms with van der Waals surface area (Å²) in [5.41, 5.74) is 6.81. The first-order chi connectivity index (χ1) is 7.70. The molecule has 0 saturated carbocycles. The number of H-pyrrole nitrogens is 1. The third-order valence-corrected chi connectivity index (χ3v) is 2.13. The van der Waals surface area contributed by atoms with Crippen LogP contribution in [0, 0.1) is 0 Å². The van der Waals surface area contributed by atoms with Crippen LogP contribution in [0.25, 0.3) is 11.2 Å². The van der Waals surface area contributed by atoms with Crippen LogP contribution in [0.1, 0.15) is 12.2 Å². The van der Waals surface area contributed by atoms with Crippen LogP contribution in [0.4, 0.5) is 5.82 Å². The van der Waals surface area contributed by atoms with E-state index in [4.69, 9.17) is 5.73 Å². The highest BCUT2D eigenvalue weighted by Gasteiger charge is 2.09. The highest BCUT2D eigenvalue weighted by molar-refractivity contribution is 5.80. The summed E-state index contributed by atoms with van der Waals surface area (Å²) in [6.45, 7) is 0. The van der Waals surface area contributed by atoms with Gasteiger partial charge in [0.05, 0.1) is 19.9 Å². The Morgan fingerprint density at radius 2 is 2.38 bits per heavy atom. The lowest BCUT2D eigenvalue weighted by atomic mass is 10.3. The summed E-state index contributed by atoms with van der Waals surface area (Å²) in [4.78, 5) is 26.0. The topological polar surface area (TPSA) is 107 Å². The van der Waals surface area contributed by atoms with Gasteiger partial charge in [-0.3, -0.25) is 4.79 Å². The smallest absolute Gasteiger partial charge is 0.305 e. The Bertz CT molecular complexity index is 522. The quantitative estimate of drug-likeness (QED) is 0.708. The van der Waals surface area contributed by atoms with E-state index in [1.807, 2.05) is 0 Å². The van der Waals surface area contributed by atoms with E-state index in [0.29, 0.717) is 29.2 Å². The lowest BCUT2D eigenvalue weighted by molar-refractivity contribution is -0.140. The van der Waals surface area contributed by atoms with Crippen LogP contribution in [0.2, 0.25) is 0 Å². The van der Waals surface area contributed by atoms with Crippen LogP contribution in [-0.4, -0.2) is 33.0 Å². The van der Waals surface area contributed by atoms with Crippen LogP contribution in [0.15, 0.2) is 6.33 Å². The predicted octanol–water partition coefficient (Wildman–Crippen LogP) is 0.0407. The number of methoxy groups -OCH3 is 1. The molecule has 0 aliphatic carbocycles. The maximum atomic E-state index is 11.0. The Balaban J connectivity index is 2.21. The standard InChI is InChI=1S/C9H11N5O2/c1-16-6(15)3-2-5-13-8(10)7-9(14-5)12-4-11-7/h4H,2-3H2,1H3,(H3,10,11,12,13,14). The fourth-order valence-corrected chi connectivity index (χ4v) is 1.33. The number of aromatic amines is 1. The normalized spacial score (nSPS) is 10.6. The number of aryl methyl sites for hydroxylation is 1. The van der Waals surface area contributed by atoms with Gasteiger partial charge in [0.1, 0.15) is 11.3 Å². The Morgan fingerprint density at radius 1 is 1.56 bits per heavy atom. The van der Waals surface area contributed by atoms with E-state index < -0.39 is 0 Å². The number of anilines is 1. The number of carbonyl (C=O) groups is 1. The van der Waals surface area contributed by atoms with Gasteiger partial charge in [-0.15, -0.1) is 0 Å². The van der Waals surface area contributed by atoms with Gasteiger partial charge in [-0.2, -0.15) is 0 Å². The highest BCUT2D eigenvalue weighted by Crippen LogP contribution is 2.13. The largest absolute Gasteiger partial charge is 0.469 e. The Hall–Kier alpha value is -2.18. The molecule has 0 saturated heterocycles. The van der Waals surface area contributed by atoms with Gasteiger partial charge in [0.2, 0.25) is 0 Å². The lowest BCUT2D eigenvalue weighted by Crippen LogP contribution is -2.06. The Labute approximate surface area is 91.1 Å². The summed E-state index contributed by atoms with van der Waals surface area (Å²) in [7, 11) is 1.34. The second-order valence-electron chi connectivity index (χ2n) is 3.20. The molecule has 0 aliphatic rings. The summed E-state index contributed by atoms with van der Waals surface area (Å²) >= 11 is 0. The summed E-state index contributed by atoms with van der Waals surface area (Å²) in [6, 6.07) is 0. The lowest BCUT2D eigenvalue weighted by Gasteiger charge is -2.01. The van der Waals surface area contributed by atoms with Crippen LogP contribution >= 0.6 is 0 Å². The van der Waals surface area contributed by atoms with E-state index >= 15 is 0 Å². The summed E-state index contributed by atoms with van der Waals surface area (Å²) in [5, 5.41) is 0. The van der Waals surface area contributed by atoms with E-state index in [2.05, 4.69) is 24.7 Å². The predicted molar refractivity (Wildman–Crippen MR) is 56.4 cm³/mol. The molecule has 0 aliphatic heterocycles. The summed E-state index contributed by atoms with van der Waals surface area (Å²) in [5.74, 6) is 0.512. The zero-order valence-electron chi connectivity index (χ0n) is 8.73. The Kier molecular flexibility index (Phi) is 2.67. The number of hydrogen-bond donors (Lipinski definition) is 2. The minimum absolute atomic E-state index is 0.232. The van der Waals surface area contributed by atoms with E-state index in [9.17, 15) is 4.79 Å². The third kappa shape index (κ3) is 1.92. The van der Waals surface area contributed by atoms with Crippen molar-refractivity contribution in [2.24, 2.45) is 0 Å². The zero-order chi connectivity index (χ0) is 11.5. The molecule has 0 bridgehead atoms. The molecule has 0 radical (unpaired) electrons. The number of nitrogens with two attached hydrogens (primary N) is 1. The van der Waals surface area contributed by atoms with Crippen molar-refractivity contribution in [1.82, 2.24) is 19.9 Å². The molecule has 2 aromatic rings. The molecule has 7 nitrogen and oxygen atoms in total. The van der Waals surface area contributed by atoms with Crippen molar-refractivity contribution in [3.8, 4) is 0 Å². The molecule has 0 fully saturated rings.